The van der Waals surface area contributed by atoms with Gasteiger partial charge in [0.1, 0.15) is 11.5 Å². The number of nitrogens with one attached hydrogen (secondary N) is 1. The first-order valence-electron chi connectivity index (χ1n) is 5.95. The third-order valence-electron chi connectivity index (χ3n) is 2.58. The topological polar surface area (TPSA) is 106 Å². The summed E-state index contributed by atoms with van der Waals surface area (Å²) in [4.78, 5) is 11.7. The first kappa shape index (κ1) is 14.1. The van der Waals surface area contributed by atoms with E-state index in [1.807, 2.05) is 6.07 Å². The van der Waals surface area contributed by atoms with Gasteiger partial charge in [-0.2, -0.15) is 10.4 Å². The maximum Gasteiger partial charge on any atom is 0.271 e. The average molecular weight is 281 g/mol. The van der Waals surface area contributed by atoms with Gasteiger partial charge in [-0.15, -0.1) is 0 Å². The van der Waals surface area contributed by atoms with E-state index in [-0.39, 0.29) is 17.1 Å². The Morgan fingerprint density at radius 1 is 1.14 bits per heavy atom. The molecule has 21 heavy (non-hydrogen) atoms. The summed E-state index contributed by atoms with van der Waals surface area (Å²) in [6, 6.07) is 12.2. The Hall–Kier alpha value is -3.33. The number of benzene rings is 2. The smallest absolute Gasteiger partial charge is 0.271 e. The lowest BCUT2D eigenvalue weighted by atomic mass is 10.2. The fraction of sp³-hybridized carbons (Fsp3) is 0. The van der Waals surface area contributed by atoms with Gasteiger partial charge in [0.05, 0.1) is 17.8 Å². The predicted octanol–water partition coefficient (Wildman–Crippen LogP) is 1.73. The van der Waals surface area contributed by atoms with Crippen LogP contribution in [0.3, 0.4) is 0 Å². The summed E-state index contributed by atoms with van der Waals surface area (Å²) in [5.41, 5.74) is 3.61. The van der Waals surface area contributed by atoms with E-state index < -0.39 is 5.91 Å². The second-order valence-corrected chi connectivity index (χ2v) is 4.17. The number of aromatic hydroxyl groups is 2. The SMILES string of the molecule is N#Cc1ccc(/C=N\NC(=O)c2cc(O)cc(O)c2)cc1. The second-order valence-electron chi connectivity index (χ2n) is 4.17. The number of rotatable bonds is 3. The standard InChI is InChI=1S/C15H11N3O3/c16-8-10-1-3-11(4-2-10)9-17-18-15(21)12-5-13(19)7-14(20)6-12/h1-7,9,19-20H,(H,18,21)/b17-9-. The molecule has 6 heteroatoms. The number of nitriles is 1. The van der Waals surface area contributed by atoms with E-state index in [1.54, 1.807) is 24.3 Å². The summed E-state index contributed by atoms with van der Waals surface area (Å²) in [6.45, 7) is 0. The number of phenols is 2. The van der Waals surface area contributed by atoms with Crippen molar-refractivity contribution >= 4 is 12.1 Å². The number of carbonyl (C=O) groups excluding carboxylic acids is 1. The highest BCUT2D eigenvalue weighted by atomic mass is 16.3. The minimum Gasteiger partial charge on any atom is -0.508 e. The fourth-order valence-corrected chi connectivity index (χ4v) is 1.60. The Morgan fingerprint density at radius 2 is 1.76 bits per heavy atom. The second kappa shape index (κ2) is 6.21. The molecule has 0 fully saturated rings. The summed E-state index contributed by atoms with van der Waals surface area (Å²) >= 11 is 0. The van der Waals surface area contributed by atoms with Gasteiger partial charge in [-0.3, -0.25) is 4.79 Å². The first-order chi connectivity index (χ1) is 10.1. The van der Waals surface area contributed by atoms with Gasteiger partial charge in [-0.25, -0.2) is 5.43 Å². The fourth-order valence-electron chi connectivity index (χ4n) is 1.60. The van der Waals surface area contributed by atoms with Crippen LogP contribution in [0.25, 0.3) is 0 Å². The maximum atomic E-state index is 11.7. The molecule has 2 rings (SSSR count). The number of hydrogen-bond acceptors (Lipinski definition) is 5. The minimum absolute atomic E-state index is 0.0875. The average Bonchev–Trinajstić information content (AvgIpc) is 2.47. The van der Waals surface area contributed by atoms with Crippen LogP contribution >= 0.6 is 0 Å². The van der Waals surface area contributed by atoms with Crippen molar-refractivity contribution in [3.63, 3.8) is 0 Å². The van der Waals surface area contributed by atoms with Crippen LogP contribution in [-0.2, 0) is 0 Å². The van der Waals surface area contributed by atoms with Crippen molar-refractivity contribution in [3.8, 4) is 17.6 Å². The van der Waals surface area contributed by atoms with Crippen LogP contribution < -0.4 is 5.43 Å². The van der Waals surface area contributed by atoms with Crippen LogP contribution in [0.2, 0.25) is 0 Å². The van der Waals surface area contributed by atoms with E-state index in [4.69, 9.17) is 5.26 Å². The molecule has 0 aromatic heterocycles. The van der Waals surface area contributed by atoms with Gasteiger partial charge in [0, 0.05) is 11.6 Å². The quantitative estimate of drug-likeness (QED) is 0.588. The van der Waals surface area contributed by atoms with E-state index in [0.717, 1.165) is 6.07 Å². The lowest BCUT2D eigenvalue weighted by molar-refractivity contribution is 0.0954. The molecule has 0 heterocycles. The predicted molar refractivity (Wildman–Crippen MR) is 76.0 cm³/mol. The Bertz CT molecular complexity index is 711. The monoisotopic (exact) mass is 281 g/mol. The molecular weight excluding hydrogens is 270 g/mol. The van der Waals surface area contributed by atoms with E-state index in [0.29, 0.717) is 11.1 Å². The third-order valence-corrected chi connectivity index (χ3v) is 2.58. The lowest BCUT2D eigenvalue weighted by Gasteiger charge is -2.02. The number of carbonyl (C=O) groups is 1. The number of phenolic OH excluding ortho intramolecular Hbond substituents is 2. The molecule has 0 radical (unpaired) electrons. The van der Waals surface area contributed by atoms with E-state index in [1.165, 1.54) is 18.3 Å². The molecule has 0 aliphatic heterocycles. The maximum absolute atomic E-state index is 11.7. The molecule has 3 N–H and O–H groups in total. The summed E-state index contributed by atoms with van der Waals surface area (Å²) in [5, 5.41) is 31.0. The van der Waals surface area contributed by atoms with Crippen LogP contribution in [0.15, 0.2) is 47.6 Å². The van der Waals surface area contributed by atoms with E-state index in [9.17, 15) is 15.0 Å². The summed E-state index contributed by atoms with van der Waals surface area (Å²) in [6.07, 6.45) is 1.42. The number of amides is 1. The van der Waals surface area contributed by atoms with E-state index in [2.05, 4.69) is 10.5 Å². The Morgan fingerprint density at radius 3 is 2.33 bits per heavy atom. The van der Waals surface area contributed by atoms with Gasteiger partial charge in [0.15, 0.2) is 0 Å². The van der Waals surface area contributed by atoms with Gasteiger partial charge >= 0.3 is 0 Å². The summed E-state index contributed by atoms with van der Waals surface area (Å²) in [7, 11) is 0. The van der Waals surface area contributed by atoms with Gasteiger partial charge in [-0.05, 0) is 29.8 Å². The van der Waals surface area contributed by atoms with Crippen LogP contribution in [0, 0.1) is 11.3 Å². The molecule has 0 aliphatic carbocycles. The number of hydrazone groups is 1. The van der Waals surface area contributed by atoms with Crippen molar-refractivity contribution in [2.45, 2.75) is 0 Å². The van der Waals surface area contributed by atoms with Gasteiger partial charge < -0.3 is 10.2 Å². The van der Waals surface area contributed by atoms with Crippen LogP contribution in [0.4, 0.5) is 0 Å². The molecule has 0 aliphatic rings. The molecule has 0 saturated carbocycles. The molecule has 0 saturated heterocycles. The van der Waals surface area contributed by atoms with Crippen molar-refractivity contribution in [1.29, 1.82) is 5.26 Å². The third kappa shape index (κ3) is 3.81. The zero-order valence-corrected chi connectivity index (χ0v) is 10.8. The number of hydrogen-bond donors (Lipinski definition) is 3. The zero-order chi connectivity index (χ0) is 15.2. The molecule has 6 nitrogen and oxygen atoms in total. The lowest BCUT2D eigenvalue weighted by Crippen LogP contribution is -2.17. The largest absolute Gasteiger partial charge is 0.508 e. The molecule has 0 bridgehead atoms. The van der Waals surface area contributed by atoms with Crippen molar-refractivity contribution in [1.82, 2.24) is 5.43 Å². The molecule has 1 amide bonds. The van der Waals surface area contributed by atoms with Crippen LogP contribution in [-0.4, -0.2) is 22.3 Å². The molecule has 0 atom stereocenters. The van der Waals surface area contributed by atoms with Crippen LogP contribution in [0.1, 0.15) is 21.5 Å². The molecule has 2 aromatic carbocycles. The highest BCUT2D eigenvalue weighted by Gasteiger charge is 2.07. The molecule has 0 spiro atoms. The minimum atomic E-state index is -0.564. The summed E-state index contributed by atoms with van der Waals surface area (Å²) < 4.78 is 0. The van der Waals surface area contributed by atoms with Crippen LogP contribution in [0.5, 0.6) is 11.5 Å². The molecular formula is C15H11N3O3. The Balaban J connectivity index is 2.03. The summed E-state index contributed by atoms with van der Waals surface area (Å²) in [5.74, 6) is -0.987. The Labute approximate surface area is 120 Å². The van der Waals surface area contributed by atoms with Crippen molar-refractivity contribution in [2.75, 3.05) is 0 Å². The van der Waals surface area contributed by atoms with Gasteiger partial charge in [-0.1, -0.05) is 12.1 Å². The van der Waals surface area contributed by atoms with Crippen molar-refractivity contribution in [2.24, 2.45) is 5.10 Å². The normalized spacial score (nSPS) is 10.2. The van der Waals surface area contributed by atoms with Gasteiger partial charge in [0.2, 0.25) is 0 Å². The zero-order valence-electron chi connectivity index (χ0n) is 10.8. The highest BCUT2D eigenvalue weighted by molar-refractivity contribution is 5.95. The molecule has 2 aromatic rings. The Kier molecular flexibility index (Phi) is 4.17. The molecule has 0 unspecified atom stereocenters. The first-order valence-corrected chi connectivity index (χ1v) is 5.95. The van der Waals surface area contributed by atoms with Crippen molar-refractivity contribution in [3.05, 3.63) is 59.2 Å². The van der Waals surface area contributed by atoms with Crippen molar-refractivity contribution < 1.29 is 15.0 Å². The highest BCUT2D eigenvalue weighted by Crippen LogP contribution is 2.20. The van der Waals surface area contributed by atoms with E-state index >= 15 is 0 Å². The van der Waals surface area contributed by atoms with Gasteiger partial charge in [0.25, 0.3) is 5.91 Å². The number of nitrogens with zero attached hydrogens (tertiary/aromatic N) is 2. The molecule has 104 valence electrons.